The highest BCUT2D eigenvalue weighted by molar-refractivity contribution is 5.73. The Balaban J connectivity index is 2.80. The third-order valence-corrected chi connectivity index (χ3v) is 2.86. The van der Waals surface area contributed by atoms with Crippen molar-refractivity contribution in [1.82, 2.24) is 18.7 Å². The maximum Gasteiger partial charge on any atom is 0.332 e. The van der Waals surface area contributed by atoms with E-state index in [9.17, 15) is 9.59 Å². The van der Waals surface area contributed by atoms with Crippen LogP contribution < -0.4 is 16.6 Å². The fourth-order valence-corrected chi connectivity index (χ4v) is 1.90. The standard InChI is InChI=1S/C10H15N5O3/c1-13-7-6(12-9(13)11-4-5-16)8(17)15(3)10(18)14(7)2/h16H,4-5H2,1-3H3,(H,11,12). The van der Waals surface area contributed by atoms with E-state index in [1.165, 1.54) is 11.6 Å². The number of hydrogen-bond donors (Lipinski definition) is 2. The van der Waals surface area contributed by atoms with Crippen molar-refractivity contribution in [2.24, 2.45) is 21.1 Å². The number of fused-ring (bicyclic) bond motifs is 1. The molecule has 18 heavy (non-hydrogen) atoms. The quantitative estimate of drug-likeness (QED) is 0.685. The van der Waals surface area contributed by atoms with Crippen LogP contribution in [0.5, 0.6) is 0 Å². The number of nitrogens with zero attached hydrogens (tertiary/aromatic N) is 4. The van der Waals surface area contributed by atoms with Gasteiger partial charge in [0.1, 0.15) is 0 Å². The lowest BCUT2D eigenvalue weighted by atomic mass is 10.5. The Morgan fingerprint density at radius 2 is 1.83 bits per heavy atom. The van der Waals surface area contributed by atoms with Crippen LogP contribution in [0.3, 0.4) is 0 Å². The Hall–Kier alpha value is -2.09. The summed E-state index contributed by atoms with van der Waals surface area (Å²) < 4.78 is 4.01. The zero-order chi connectivity index (χ0) is 13.4. The van der Waals surface area contributed by atoms with Gasteiger partial charge in [0.25, 0.3) is 5.56 Å². The van der Waals surface area contributed by atoms with E-state index >= 15 is 0 Å². The second-order valence-corrected chi connectivity index (χ2v) is 4.02. The number of hydrogen-bond acceptors (Lipinski definition) is 5. The van der Waals surface area contributed by atoms with Gasteiger partial charge in [-0.3, -0.25) is 18.5 Å². The van der Waals surface area contributed by atoms with Crippen LogP contribution in [-0.4, -0.2) is 36.9 Å². The molecule has 0 spiro atoms. The molecule has 0 aliphatic rings. The van der Waals surface area contributed by atoms with E-state index in [0.717, 1.165) is 4.57 Å². The van der Waals surface area contributed by atoms with Crippen molar-refractivity contribution in [1.29, 1.82) is 0 Å². The topological polar surface area (TPSA) is 94.1 Å². The van der Waals surface area contributed by atoms with Crippen molar-refractivity contribution in [3.8, 4) is 0 Å². The van der Waals surface area contributed by atoms with Crippen LogP contribution in [0, 0.1) is 0 Å². The lowest BCUT2D eigenvalue weighted by molar-refractivity contribution is 0.310. The van der Waals surface area contributed by atoms with Gasteiger partial charge in [-0.15, -0.1) is 0 Å². The second-order valence-electron chi connectivity index (χ2n) is 4.02. The second kappa shape index (κ2) is 4.30. The average Bonchev–Trinajstić information content (AvgIpc) is 2.69. The number of aliphatic hydroxyl groups is 1. The highest BCUT2D eigenvalue weighted by atomic mass is 16.3. The van der Waals surface area contributed by atoms with Gasteiger partial charge >= 0.3 is 5.69 Å². The van der Waals surface area contributed by atoms with E-state index in [-0.39, 0.29) is 12.1 Å². The minimum atomic E-state index is -0.430. The van der Waals surface area contributed by atoms with Gasteiger partial charge in [0.15, 0.2) is 11.2 Å². The van der Waals surface area contributed by atoms with E-state index in [1.54, 1.807) is 18.7 Å². The molecular formula is C10H15N5O3. The molecule has 0 bridgehead atoms. The van der Waals surface area contributed by atoms with E-state index in [4.69, 9.17) is 5.11 Å². The third kappa shape index (κ3) is 1.61. The minimum absolute atomic E-state index is 0.0415. The number of aryl methyl sites for hydroxylation is 2. The van der Waals surface area contributed by atoms with Gasteiger partial charge in [0.05, 0.1) is 6.61 Å². The molecule has 98 valence electrons. The molecule has 8 nitrogen and oxygen atoms in total. The molecule has 0 unspecified atom stereocenters. The van der Waals surface area contributed by atoms with Crippen LogP contribution in [0.4, 0.5) is 5.95 Å². The first-order chi connectivity index (χ1) is 8.49. The molecular weight excluding hydrogens is 238 g/mol. The first kappa shape index (κ1) is 12.4. The molecule has 0 amide bonds. The SMILES string of the molecule is Cn1c(=O)c2nc(NCCO)n(C)c2n(C)c1=O. The van der Waals surface area contributed by atoms with Crippen LogP contribution in [0.2, 0.25) is 0 Å². The van der Waals surface area contributed by atoms with Crippen molar-refractivity contribution >= 4 is 17.1 Å². The van der Waals surface area contributed by atoms with Crippen molar-refractivity contribution in [3.05, 3.63) is 20.8 Å². The summed E-state index contributed by atoms with van der Waals surface area (Å²) in [6.45, 7) is 0.283. The zero-order valence-corrected chi connectivity index (χ0v) is 10.5. The molecule has 0 radical (unpaired) electrons. The summed E-state index contributed by atoms with van der Waals surface area (Å²) in [6.07, 6.45) is 0. The predicted molar refractivity (Wildman–Crippen MR) is 66.8 cm³/mol. The van der Waals surface area contributed by atoms with Crippen LogP contribution in [0.25, 0.3) is 11.2 Å². The Labute approximate surface area is 102 Å². The van der Waals surface area contributed by atoms with E-state index in [2.05, 4.69) is 10.3 Å². The van der Waals surface area contributed by atoms with E-state index in [0.29, 0.717) is 18.1 Å². The van der Waals surface area contributed by atoms with Crippen LogP contribution in [0.15, 0.2) is 9.59 Å². The summed E-state index contributed by atoms with van der Waals surface area (Å²) in [5.41, 5.74) is -0.156. The van der Waals surface area contributed by atoms with Gasteiger partial charge in [0.2, 0.25) is 5.95 Å². The number of rotatable bonds is 3. The molecule has 0 saturated carbocycles. The number of aromatic nitrogens is 4. The first-order valence-corrected chi connectivity index (χ1v) is 5.46. The molecule has 0 aromatic carbocycles. The number of nitrogens with one attached hydrogen (secondary N) is 1. The Morgan fingerprint density at radius 1 is 1.17 bits per heavy atom. The highest BCUT2D eigenvalue weighted by Gasteiger charge is 2.16. The summed E-state index contributed by atoms with van der Waals surface area (Å²) in [5, 5.41) is 11.7. The number of anilines is 1. The molecule has 0 aliphatic carbocycles. The third-order valence-electron chi connectivity index (χ3n) is 2.86. The Morgan fingerprint density at radius 3 is 2.44 bits per heavy atom. The summed E-state index contributed by atoms with van der Waals surface area (Å²) in [6, 6.07) is 0. The van der Waals surface area contributed by atoms with Crippen LogP contribution in [-0.2, 0) is 21.1 Å². The number of imidazole rings is 1. The maximum atomic E-state index is 11.9. The maximum absolute atomic E-state index is 11.9. The summed E-state index contributed by atoms with van der Waals surface area (Å²) in [4.78, 5) is 27.9. The predicted octanol–water partition coefficient (Wildman–Crippen LogP) is -1.63. The van der Waals surface area contributed by atoms with Gasteiger partial charge < -0.3 is 10.4 Å². The van der Waals surface area contributed by atoms with E-state index < -0.39 is 11.2 Å². The van der Waals surface area contributed by atoms with Crippen molar-refractivity contribution in [2.75, 3.05) is 18.5 Å². The molecule has 2 N–H and O–H groups in total. The lowest BCUT2D eigenvalue weighted by Gasteiger charge is -2.06. The highest BCUT2D eigenvalue weighted by Crippen LogP contribution is 2.12. The van der Waals surface area contributed by atoms with Crippen molar-refractivity contribution in [3.63, 3.8) is 0 Å². The van der Waals surface area contributed by atoms with E-state index in [1.807, 2.05) is 0 Å². The molecule has 2 aromatic heterocycles. The molecule has 8 heteroatoms. The molecule has 0 saturated heterocycles. The van der Waals surface area contributed by atoms with Gasteiger partial charge in [0, 0.05) is 27.7 Å². The van der Waals surface area contributed by atoms with Gasteiger partial charge in [-0.05, 0) is 0 Å². The number of aliphatic hydroxyl groups excluding tert-OH is 1. The molecule has 2 rings (SSSR count). The monoisotopic (exact) mass is 253 g/mol. The van der Waals surface area contributed by atoms with Crippen molar-refractivity contribution in [2.45, 2.75) is 0 Å². The van der Waals surface area contributed by atoms with Crippen LogP contribution >= 0.6 is 0 Å². The fourth-order valence-electron chi connectivity index (χ4n) is 1.90. The molecule has 2 heterocycles. The molecule has 0 atom stereocenters. The van der Waals surface area contributed by atoms with Gasteiger partial charge in [-0.1, -0.05) is 0 Å². The smallest absolute Gasteiger partial charge is 0.332 e. The summed E-state index contributed by atoms with van der Waals surface area (Å²) in [7, 11) is 4.70. The zero-order valence-electron chi connectivity index (χ0n) is 10.5. The Kier molecular flexibility index (Phi) is 2.95. The normalized spacial score (nSPS) is 11.1. The molecule has 2 aromatic rings. The first-order valence-electron chi connectivity index (χ1n) is 5.46. The molecule has 0 aliphatic heterocycles. The van der Waals surface area contributed by atoms with Gasteiger partial charge in [-0.25, -0.2) is 9.78 Å². The lowest BCUT2D eigenvalue weighted by Crippen LogP contribution is -2.37. The molecule has 0 fully saturated rings. The fraction of sp³-hybridized carbons (Fsp3) is 0.500. The Bertz CT molecular complexity index is 709. The van der Waals surface area contributed by atoms with Gasteiger partial charge in [-0.2, -0.15) is 0 Å². The minimum Gasteiger partial charge on any atom is -0.395 e. The van der Waals surface area contributed by atoms with Crippen LogP contribution in [0.1, 0.15) is 0 Å². The largest absolute Gasteiger partial charge is 0.395 e. The summed E-state index contributed by atoms with van der Waals surface area (Å²) in [5.74, 6) is 0.442. The summed E-state index contributed by atoms with van der Waals surface area (Å²) >= 11 is 0. The van der Waals surface area contributed by atoms with Crippen molar-refractivity contribution < 1.29 is 5.11 Å². The average molecular weight is 253 g/mol.